The van der Waals surface area contributed by atoms with E-state index in [0.717, 1.165) is 51.0 Å². The van der Waals surface area contributed by atoms with Crippen LogP contribution in [0.5, 0.6) is 0 Å². The van der Waals surface area contributed by atoms with E-state index < -0.39 is 12.1 Å². The second kappa shape index (κ2) is 9.49. The maximum Gasteiger partial charge on any atom is 0.490 e. The molecule has 32 heavy (non-hydrogen) atoms. The third-order valence-electron chi connectivity index (χ3n) is 7.71. The lowest BCUT2D eigenvalue weighted by Gasteiger charge is -2.60. The van der Waals surface area contributed by atoms with Crippen LogP contribution in [-0.4, -0.2) is 77.9 Å². The minimum atomic E-state index is -5.08. The number of rotatable bonds is 7. The number of hydrogen-bond donors (Lipinski definition) is 1. The number of carboxylic acids is 1. The van der Waals surface area contributed by atoms with Gasteiger partial charge in [0.05, 0.1) is 5.54 Å². The fraction of sp³-hybridized carbons (Fsp3) is 0.913. The average Bonchev–Trinajstić information content (AvgIpc) is 3.54. The Hall–Kier alpha value is -1.35. The number of carboxylic acid groups (broad SMARTS) is 1. The van der Waals surface area contributed by atoms with Crippen LogP contribution in [0.2, 0.25) is 0 Å². The quantitative estimate of drug-likeness (QED) is 0.629. The van der Waals surface area contributed by atoms with Gasteiger partial charge >= 0.3 is 12.1 Å². The summed E-state index contributed by atoms with van der Waals surface area (Å²) in [6.45, 7) is 6.43. The van der Waals surface area contributed by atoms with E-state index in [1.165, 1.54) is 58.0 Å². The van der Waals surface area contributed by atoms with Gasteiger partial charge in [0.15, 0.2) is 0 Å². The molecule has 5 aliphatic rings. The van der Waals surface area contributed by atoms with Gasteiger partial charge in [0, 0.05) is 38.8 Å². The van der Waals surface area contributed by atoms with Gasteiger partial charge in [-0.2, -0.15) is 13.2 Å². The summed E-state index contributed by atoms with van der Waals surface area (Å²) in [6.07, 6.45) is 6.57. The molecule has 2 heterocycles. The topological polar surface area (TPSA) is 70.1 Å². The highest BCUT2D eigenvalue weighted by atomic mass is 19.4. The van der Waals surface area contributed by atoms with E-state index >= 15 is 0 Å². The van der Waals surface area contributed by atoms with Gasteiger partial charge in [-0.15, -0.1) is 0 Å². The number of aliphatic carboxylic acids is 1. The number of carbonyl (C=O) groups excluding carboxylic acids is 1. The Balaban J connectivity index is 0.000000307. The first-order valence-electron chi connectivity index (χ1n) is 12.1. The first-order chi connectivity index (χ1) is 15.2. The van der Waals surface area contributed by atoms with Crippen molar-refractivity contribution >= 4 is 11.9 Å². The molecule has 2 aliphatic heterocycles. The molecule has 182 valence electrons. The molecule has 0 radical (unpaired) electrons. The number of ether oxygens (including phenoxy) is 1. The maximum atomic E-state index is 12.6. The van der Waals surface area contributed by atoms with Crippen molar-refractivity contribution in [3.05, 3.63) is 0 Å². The number of halogens is 3. The maximum absolute atomic E-state index is 12.6. The molecule has 1 spiro atoms. The Bertz CT molecular complexity index is 683. The van der Waals surface area contributed by atoms with Gasteiger partial charge in [0.2, 0.25) is 5.91 Å². The smallest absolute Gasteiger partial charge is 0.475 e. The zero-order valence-electron chi connectivity index (χ0n) is 18.6. The lowest BCUT2D eigenvalue weighted by Crippen LogP contribution is -2.74. The molecule has 6 nitrogen and oxygen atoms in total. The fourth-order valence-corrected chi connectivity index (χ4v) is 5.13. The van der Waals surface area contributed by atoms with Crippen LogP contribution < -0.4 is 0 Å². The van der Waals surface area contributed by atoms with E-state index in [1.54, 1.807) is 0 Å². The average molecular weight is 461 g/mol. The predicted molar refractivity (Wildman–Crippen MR) is 111 cm³/mol. The van der Waals surface area contributed by atoms with Crippen molar-refractivity contribution in [1.29, 1.82) is 0 Å². The van der Waals surface area contributed by atoms with E-state index in [-0.39, 0.29) is 5.54 Å². The van der Waals surface area contributed by atoms with Crippen LogP contribution in [0.1, 0.15) is 57.8 Å². The lowest BCUT2D eigenvalue weighted by atomic mass is 9.73. The molecule has 1 unspecified atom stereocenters. The fourth-order valence-electron chi connectivity index (χ4n) is 5.13. The van der Waals surface area contributed by atoms with Crippen LogP contribution in [0, 0.1) is 23.7 Å². The third kappa shape index (κ3) is 5.95. The number of likely N-dealkylation sites (tertiary alicyclic amines) is 2. The predicted octanol–water partition coefficient (Wildman–Crippen LogP) is 3.55. The van der Waals surface area contributed by atoms with Crippen LogP contribution in [0.15, 0.2) is 0 Å². The molecule has 5 rings (SSSR count). The molecule has 5 fully saturated rings. The first-order valence-corrected chi connectivity index (χ1v) is 12.1. The van der Waals surface area contributed by atoms with Crippen molar-refractivity contribution < 1.29 is 32.6 Å². The van der Waals surface area contributed by atoms with E-state index in [0.29, 0.717) is 17.7 Å². The zero-order valence-corrected chi connectivity index (χ0v) is 18.6. The van der Waals surface area contributed by atoms with Gasteiger partial charge < -0.3 is 14.7 Å². The second-order valence-corrected chi connectivity index (χ2v) is 10.6. The minimum absolute atomic E-state index is 0.286. The monoisotopic (exact) mass is 460 g/mol. The van der Waals surface area contributed by atoms with Crippen LogP contribution in [0.3, 0.4) is 0 Å². The largest absolute Gasteiger partial charge is 0.490 e. The van der Waals surface area contributed by atoms with Crippen LogP contribution in [0.25, 0.3) is 0 Å². The normalized spacial score (nSPS) is 27.8. The summed E-state index contributed by atoms with van der Waals surface area (Å²) in [6, 6.07) is 0. The standard InChI is InChI=1S/C21H34N2O2.C2HF3O2/c24-20(19-2-1-3-19)22-14-21(15-22)10-18(13-25-12-17-6-7-17)8-9-23(21)11-16-4-5-16;3-2(4,5)1(6)7/h16-19H,1-15H2;(H,6,7). The number of piperidine rings is 1. The van der Waals surface area contributed by atoms with Crippen molar-refractivity contribution in [2.75, 3.05) is 39.4 Å². The van der Waals surface area contributed by atoms with Crippen molar-refractivity contribution in [3.8, 4) is 0 Å². The number of carbonyl (C=O) groups is 2. The molecule has 3 aliphatic carbocycles. The Morgan fingerprint density at radius 1 is 0.938 bits per heavy atom. The summed E-state index contributed by atoms with van der Waals surface area (Å²) in [5, 5.41) is 7.12. The number of alkyl halides is 3. The van der Waals surface area contributed by atoms with E-state index in [1.807, 2.05) is 0 Å². The van der Waals surface area contributed by atoms with Gasteiger partial charge in [-0.25, -0.2) is 4.79 Å². The highest BCUT2D eigenvalue weighted by molar-refractivity contribution is 5.80. The van der Waals surface area contributed by atoms with Crippen molar-refractivity contribution in [3.63, 3.8) is 0 Å². The van der Waals surface area contributed by atoms with Gasteiger partial charge in [0.25, 0.3) is 0 Å². The Morgan fingerprint density at radius 2 is 1.53 bits per heavy atom. The number of nitrogens with zero attached hydrogens (tertiary/aromatic N) is 2. The molecule has 0 aromatic carbocycles. The second-order valence-electron chi connectivity index (χ2n) is 10.6. The molecule has 1 atom stereocenters. The van der Waals surface area contributed by atoms with E-state index in [4.69, 9.17) is 14.6 Å². The van der Waals surface area contributed by atoms with Crippen molar-refractivity contribution in [2.24, 2.45) is 23.7 Å². The molecule has 0 aromatic rings. The van der Waals surface area contributed by atoms with Gasteiger partial charge in [0.1, 0.15) is 0 Å². The molecule has 0 aromatic heterocycles. The molecule has 1 N–H and O–H groups in total. The summed E-state index contributed by atoms with van der Waals surface area (Å²) in [5.41, 5.74) is 0.286. The molecule has 3 saturated carbocycles. The minimum Gasteiger partial charge on any atom is -0.475 e. The first kappa shape index (κ1) is 23.8. The van der Waals surface area contributed by atoms with Gasteiger partial charge in [-0.1, -0.05) is 6.42 Å². The zero-order chi connectivity index (χ0) is 22.9. The molecular formula is C23H35F3N2O4. The Labute approximate surface area is 187 Å². The summed E-state index contributed by atoms with van der Waals surface area (Å²) in [5.74, 6) is 0.563. The highest BCUT2D eigenvalue weighted by Crippen LogP contribution is 2.43. The lowest BCUT2D eigenvalue weighted by molar-refractivity contribution is -0.192. The van der Waals surface area contributed by atoms with E-state index in [2.05, 4.69) is 9.80 Å². The van der Waals surface area contributed by atoms with Crippen LogP contribution in [-0.2, 0) is 14.3 Å². The van der Waals surface area contributed by atoms with Crippen LogP contribution in [0.4, 0.5) is 13.2 Å². The molecule has 9 heteroatoms. The Morgan fingerprint density at radius 3 is 2.03 bits per heavy atom. The highest BCUT2D eigenvalue weighted by Gasteiger charge is 2.53. The van der Waals surface area contributed by atoms with Gasteiger partial charge in [-0.05, 0) is 75.7 Å². The molecular weight excluding hydrogens is 425 g/mol. The summed E-state index contributed by atoms with van der Waals surface area (Å²) < 4.78 is 37.8. The number of amides is 1. The summed E-state index contributed by atoms with van der Waals surface area (Å²) >= 11 is 0. The SMILES string of the molecule is O=C(C1CCC1)N1CC2(CC(COCC3CC3)CCN2CC2CC2)C1.O=C(O)C(F)(F)F. The molecule has 0 bridgehead atoms. The van der Waals surface area contributed by atoms with Crippen LogP contribution >= 0.6 is 0 Å². The third-order valence-corrected chi connectivity index (χ3v) is 7.71. The van der Waals surface area contributed by atoms with E-state index in [9.17, 15) is 18.0 Å². The molecule has 1 amide bonds. The van der Waals surface area contributed by atoms with Gasteiger partial charge in [-0.3, -0.25) is 9.69 Å². The number of hydrogen-bond acceptors (Lipinski definition) is 4. The summed E-state index contributed by atoms with van der Waals surface area (Å²) in [4.78, 5) is 26.4. The molecule has 2 saturated heterocycles. The van der Waals surface area contributed by atoms with Crippen molar-refractivity contribution in [2.45, 2.75) is 69.5 Å². The summed E-state index contributed by atoms with van der Waals surface area (Å²) in [7, 11) is 0. The Kier molecular flexibility index (Phi) is 7.05. The van der Waals surface area contributed by atoms with Crippen molar-refractivity contribution in [1.82, 2.24) is 9.80 Å².